The van der Waals surface area contributed by atoms with Crippen LogP contribution >= 0.6 is 0 Å². The van der Waals surface area contributed by atoms with Gasteiger partial charge in [0.2, 0.25) is 0 Å². The number of rotatable bonds is 9. The third kappa shape index (κ3) is 5.77. The van der Waals surface area contributed by atoms with Gasteiger partial charge in [-0.15, -0.1) is 0 Å². The van der Waals surface area contributed by atoms with Crippen LogP contribution in [-0.4, -0.2) is 40.8 Å². The van der Waals surface area contributed by atoms with Crippen LogP contribution in [0.5, 0.6) is 0 Å². The Morgan fingerprint density at radius 3 is 2.25 bits per heavy atom. The van der Waals surface area contributed by atoms with E-state index in [1.807, 2.05) is 74.5 Å². The molecule has 3 rings (SSSR count). The number of aliphatic hydroxyl groups excluding tert-OH is 1. The van der Waals surface area contributed by atoms with E-state index in [-0.39, 0.29) is 19.4 Å². The van der Waals surface area contributed by atoms with E-state index in [1.54, 1.807) is 17.9 Å². The molecule has 2 aromatic carbocycles. The minimum Gasteiger partial charge on any atom is -0.466 e. The van der Waals surface area contributed by atoms with Gasteiger partial charge >= 0.3 is 12.1 Å². The molecule has 0 saturated carbocycles. The van der Waals surface area contributed by atoms with Gasteiger partial charge in [0.15, 0.2) is 6.10 Å². The van der Waals surface area contributed by atoms with Crippen molar-refractivity contribution in [3.8, 4) is 0 Å². The van der Waals surface area contributed by atoms with E-state index >= 15 is 0 Å². The molecule has 2 aromatic rings. The van der Waals surface area contributed by atoms with Crippen molar-refractivity contribution >= 4 is 12.1 Å². The number of hydrogen-bond donors (Lipinski definition) is 1. The molecule has 32 heavy (non-hydrogen) atoms. The predicted octanol–water partition coefficient (Wildman–Crippen LogP) is 4.96. The number of allylic oxidation sites excluding steroid dienone is 1. The Hall–Kier alpha value is -3.12. The summed E-state index contributed by atoms with van der Waals surface area (Å²) >= 11 is 0. The minimum atomic E-state index is -0.806. The van der Waals surface area contributed by atoms with Crippen LogP contribution in [0.3, 0.4) is 0 Å². The van der Waals surface area contributed by atoms with Crippen molar-refractivity contribution in [2.75, 3.05) is 6.61 Å². The maximum atomic E-state index is 13.2. The second-order valence-corrected chi connectivity index (χ2v) is 8.19. The molecule has 1 N–H and O–H groups in total. The SMILES string of the molecule is CCOC(=O)C[C@@H](C[C@H](O)C=C(C)C)N1C(=O)O[C@H](c2ccccc2)[C@@H]1c1ccccc1. The quantitative estimate of drug-likeness (QED) is 0.443. The Morgan fingerprint density at radius 1 is 1.09 bits per heavy atom. The van der Waals surface area contributed by atoms with Gasteiger partial charge in [0.25, 0.3) is 0 Å². The molecule has 6 heteroatoms. The molecule has 1 amide bonds. The molecular weight excluding hydrogens is 406 g/mol. The molecule has 1 fully saturated rings. The molecule has 6 nitrogen and oxygen atoms in total. The van der Waals surface area contributed by atoms with Crippen LogP contribution in [0.2, 0.25) is 0 Å². The lowest BCUT2D eigenvalue weighted by Gasteiger charge is -2.33. The smallest absolute Gasteiger partial charge is 0.411 e. The zero-order valence-corrected chi connectivity index (χ0v) is 18.8. The Morgan fingerprint density at radius 2 is 1.69 bits per heavy atom. The minimum absolute atomic E-state index is 0.0263. The molecule has 0 radical (unpaired) electrons. The summed E-state index contributed by atoms with van der Waals surface area (Å²) in [5.41, 5.74) is 2.73. The molecular formula is C26H31NO5. The molecule has 1 aliphatic rings. The van der Waals surface area contributed by atoms with Crippen LogP contribution in [0.25, 0.3) is 0 Å². The molecule has 1 saturated heterocycles. The number of esters is 1. The average molecular weight is 438 g/mol. The topological polar surface area (TPSA) is 76.1 Å². The molecule has 170 valence electrons. The summed E-state index contributed by atoms with van der Waals surface area (Å²) in [6.07, 6.45) is 0.0548. The van der Waals surface area contributed by atoms with E-state index < -0.39 is 36.4 Å². The predicted molar refractivity (Wildman–Crippen MR) is 122 cm³/mol. The van der Waals surface area contributed by atoms with Gasteiger partial charge in [0, 0.05) is 6.04 Å². The number of ether oxygens (including phenoxy) is 2. The van der Waals surface area contributed by atoms with Crippen molar-refractivity contribution in [3.63, 3.8) is 0 Å². The molecule has 4 atom stereocenters. The highest BCUT2D eigenvalue weighted by atomic mass is 16.6. The van der Waals surface area contributed by atoms with Crippen molar-refractivity contribution in [2.24, 2.45) is 0 Å². The number of hydrogen-bond acceptors (Lipinski definition) is 5. The van der Waals surface area contributed by atoms with Gasteiger partial charge < -0.3 is 14.6 Å². The molecule has 1 heterocycles. The first-order chi connectivity index (χ1) is 15.4. The van der Waals surface area contributed by atoms with Crippen LogP contribution in [0.4, 0.5) is 4.79 Å². The number of carbonyl (C=O) groups excluding carboxylic acids is 2. The van der Waals surface area contributed by atoms with Crippen LogP contribution < -0.4 is 0 Å². The maximum absolute atomic E-state index is 13.2. The third-order valence-electron chi connectivity index (χ3n) is 5.43. The van der Waals surface area contributed by atoms with Crippen LogP contribution in [0.15, 0.2) is 72.3 Å². The van der Waals surface area contributed by atoms with Gasteiger partial charge in [0.05, 0.1) is 19.1 Å². The van der Waals surface area contributed by atoms with E-state index in [0.29, 0.717) is 0 Å². The third-order valence-corrected chi connectivity index (χ3v) is 5.43. The summed E-state index contributed by atoms with van der Waals surface area (Å²) in [6.45, 7) is 5.78. The highest BCUT2D eigenvalue weighted by molar-refractivity contribution is 5.75. The first kappa shape index (κ1) is 23.5. The summed E-state index contributed by atoms with van der Waals surface area (Å²) in [4.78, 5) is 27.2. The number of cyclic esters (lactones) is 1. The van der Waals surface area contributed by atoms with Crippen molar-refractivity contribution in [1.29, 1.82) is 0 Å². The maximum Gasteiger partial charge on any atom is 0.411 e. The molecule has 0 unspecified atom stereocenters. The number of benzene rings is 2. The van der Waals surface area contributed by atoms with Crippen molar-refractivity contribution in [3.05, 3.63) is 83.4 Å². The Labute approximate surface area is 189 Å². The summed E-state index contributed by atoms with van der Waals surface area (Å²) < 4.78 is 11.0. The second-order valence-electron chi connectivity index (χ2n) is 8.19. The summed E-state index contributed by atoms with van der Waals surface area (Å²) in [6, 6.07) is 18.2. The van der Waals surface area contributed by atoms with E-state index in [1.165, 1.54) is 0 Å². The molecule has 0 spiro atoms. The van der Waals surface area contributed by atoms with Gasteiger partial charge in [-0.3, -0.25) is 9.69 Å². The van der Waals surface area contributed by atoms with E-state index in [0.717, 1.165) is 16.7 Å². The van der Waals surface area contributed by atoms with Crippen molar-refractivity contribution < 1.29 is 24.2 Å². The number of carbonyl (C=O) groups is 2. The average Bonchev–Trinajstić information content (AvgIpc) is 3.11. The fourth-order valence-corrected chi connectivity index (χ4v) is 4.19. The van der Waals surface area contributed by atoms with Crippen LogP contribution in [0.1, 0.15) is 56.9 Å². The van der Waals surface area contributed by atoms with Gasteiger partial charge in [-0.05, 0) is 38.3 Å². The molecule has 1 aliphatic heterocycles. The number of nitrogens with zero attached hydrogens (tertiary/aromatic N) is 1. The highest BCUT2D eigenvalue weighted by Crippen LogP contribution is 2.45. The van der Waals surface area contributed by atoms with Gasteiger partial charge in [-0.25, -0.2) is 4.79 Å². The zero-order valence-electron chi connectivity index (χ0n) is 18.8. The summed E-state index contributed by atoms with van der Waals surface area (Å²) in [5, 5.41) is 10.6. The largest absolute Gasteiger partial charge is 0.466 e. The van der Waals surface area contributed by atoms with Crippen LogP contribution in [0, 0.1) is 0 Å². The molecule has 0 aromatic heterocycles. The van der Waals surface area contributed by atoms with E-state index in [2.05, 4.69) is 0 Å². The Kier molecular flexibility index (Phi) is 8.06. The Bertz CT molecular complexity index is 924. The summed E-state index contributed by atoms with van der Waals surface area (Å²) in [7, 11) is 0. The van der Waals surface area contributed by atoms with Crippen molar-refractivity contribution in [1.82, 2.24) is 4.90 Å². The summed E-state index contributed by atoms with van der Waals surface area (Å²) in [5.74, 6) is -0.412. The zero-order chi connectivity index (χ0) is 23.1. The highest BCUT2D eigenvalue weighted by Gasteiger charge is 2.47. The first-order valence-electron chi connectivity index (χ1n) is 11.0. The lowest BCUT2D eigenvalue weighted by Crippen LogP contribution is -2.41. The fourth-order valence-electron chi connectivity index (χ4n) is 4.19. The fraction of sp³-hybridized carbons (Fsp3) is 0.385. The number of aliphatic hydroxyl groups is 1. The normalized spacial score (nSPS) is 19.8. The van der Waals surface area contributed by atoms with E-state index in [9.17, 15) is 14.7 Å². The molecule has 0 aliphatic carbocycles. The van der Waals surface area contributed by atoms with Gasteiger partial charge in [0.1, 0.15) is 6.04 Å². The molecule has 0 bridgehead atoms. The lowest BCUT2D eigenvalue weighted by atomic mass is 9.92. The first-order valence-corrected chi connectivity index (χ1v) is 11.0. The number of amides is 1. The van der Waals surface area contributed by atoms with Gasteiger partial charge in [-0.1, -0.05) is 72.3 Å². The second kappa shape index (κ2) is 11.0. The lowest BCUT2D eigenvalue weighted by molar-refractivity contribution is -0.144. The van der Waals surface area contributed by atoms with Crippen molar-refractivity contribution in [2.45, 2.75) is 57.9 Å². The van der Waals surface area contributed by atoms with E-state index in [4.69, 9.17) is 9.47 Å². The van der Waals surface area contributed by atoms with Gasteiger partial charge in [-0.2, -0.15) is 0 Å². The standard InChI is InChI=1S/C26H31NO5/c1-4-31-23(29)17-21(16-22(28)15-18(2)3)27-24(19-11-7-5-8-12-19)25(32-26(27)30)20-13-9-6-10-14-20/h5-15,21-22,24-25,28H,4,16-17H2,1-3H3/t21-,22-,24+,25-/m1/s1. The monoisotopic (exact) mass is 437 g/mol. The Balaban J connectivity index is 2.01. The van der Waals surface area contributed by atoms with Crippen LogP contribution in [-0.2, 0) is 14.3 Å².